The molecule has 2 rings (SSSR count). The number of nitrogens with one attached hydrogen (secondary N) is 1. The highest BCUT2D eigenvalue weighted by Gasteiger charge is 2.32. The van der Waals surface area contributed by atoms with Crippen molar-refractivity contribution in [1.82, 2.24) is 15.2 Å². The maximum Gasteiger partial charge on any atom is 0.237 e. The molecular formula is C14H21N3O2. The second-order valence-electron chi connectivity index (χ2n) is 4.78. The molecular weight excluding hydrogens is 242 g/mol. The van der Waals surface area contributed by atoms with Gasteiger partial charge >= 0.3 is 0 Å². The third-order valence-electron chi connectivity index (χ3n) is 3.14. The standard InChI is InChI=1S/C14H21N3O2/c1-19-8-7-16-10-14(18)17(13-4-5-13)11-12-3-2-6-15-9-12/h2-3,6,9,13,16H,4-5,7-8,10-11H2,1H3. The first-order chi connectivity index (χ1) is 9.31. The predicted molar refractivity (Wildman–Crippen MR) is 72.6 cm³/mol. The highest BCUT2D eigenvalue weighted by Crippen LogP contribution is 2.28. The van der Waals surface area contributed by atoms with E-state index in [9.17, 15) is 4.79 Å². The molecule has 1 fully saturated rings. The number of carbonyl (C=O) groups excluding carboxylic acids is 1. The molecule has 0 saturated heterocycles. The van der Waals surface area contributed by atoms with E-state index in [1.807, 2.05) is 23.2 Å². The molecule has 0 bridgehead atoms. The van der Waals surface area contributed by atoms with Crippen LogP contribution in [0.5, 0.6) is 0 Å². The van der Waals surface area contributed by atoms with Gasteiger partial charge in [0.05, 0.1) is 13.2 Å². The predicted octanol–water partition coefficient (Wildman–Crippen LogP) is 0.809. The Bertz CT molecular complexity index is 393. The van der Waals surface area contributed by atoms with Gasteiger partial charge in [0.15, 0.2) is 0 Å². The molecule has 5 heteroatoms. The molecule has 1 N–H and O–H groups in total. The van der Waals surface area contributed by atoms with E-state index in [2.05, 4.69) is 10.3 Å². The molecule has 1 aliphatic carbocycles. The molecule has 0 aromatic carbocycles. The lowest BCUT2D eigenvalue weighted by Gasteiger charge is -2.22. The van der Waals surface area contributed by atoms with Crippen molar-refractivity contribution in [2.75, 3.05) is 26.8 Å². The van der Waals surface area contributed by atoms with Gasteiger partial charge in [-0.15, -0.1) is 0 Å². The number of hydrogen-bond acceptors (Lipinski definition) is 4. The van der Waals surface area contributed by atoms with Gasteiger partial charge in [0, 0.05) is 38.6 Å². The Hall–Kier alpha value is -1.46. The van der Waals surface area contributed by atoms with Crippen LogP contribution in [0.25, 0.3) is 0 Å². The Morgan fingerprint density at radius 1 is 1.58 bits per heavy atom. The summed E-state index contributed by atoms with van der Waals surface area (Å²) in [4.78, 5) is 18.2. The molecule has 1 saturated carbocycles. The van der Waals surface area contributed by atoms with Gasteiger partial charge in [-0.25, -0.2) is 0 Å². The minimum atomic E-state index is 0.155. The molecule has 0 aliphatic heterocycles. The van der Waals surface area contributed by atoms with Gasteiger partial charge in [-0.2, -0.15) is 0 Å². The summed E-state index contributed by atoms with van der Waals surface area (Å²) in [6.07, 6.45) is 5.80. The van der Waals surface area contributed by atoms with E-state index in [-0.39, 0.29) is 5.91 Å². The van der Waals surface area contributed by atoms with Crippen molar-refractivity contribution in [2.45, 2.75) is 25.4 Å². The van der Waals surface area contributed by atoms with Crippen molar-refractivity contribution in [3.63, 3.8) is 0 Å². The summed E-state index contributed by atoms with van der Waals surface area (Å²) in [5, 5.41) is 3.10. The number of methoxy groups -OCH3 is 1. The van der Waals surface area contributed by atoms with Gasteiger partial charge in [0.25, 0.3) is 0 Å². The van der Waals surface area contributed by atoms with Crippen LogP contribution in [0.2, 0.25) is 0 Å². The molecule has 1 aromatic heterocycles. The summed E-state index contributed by atoms with van der Waals surface area (Å²) in [6.45, 7) is 2.36. The van der Waals surface area contributed by atoms with Crippen LogP contribution in [-0.4, -0.2) is 48.6 Å². The molecule has 5 nitrogen and oxygen atoms in total. The second kappa shape index (κ2) is 7.21. The minimum absolute atomic E-state index is 0.155. The molecule has 1 aromatic rings. The van der Waals surface area contributed by atoms with E-state index in [4.69, 9.17) is 4.74 Å². The van der Waals surface area contributed by atoms with E-state index < -0.39 is 0 Å². The summed E-state index contributed by atoms with van der Waals surface area (Å²) in [5.41, 5.74) is 1.08. The van der Waals surface area contributed by atoms with Crippen LogP contribution in [0, 0.1) is 0 Å². The fourth-order valence-corrected chi connectivity index (χ4v) is 1.97. The fraction of sp³-hybridized carbons (Fsp3) is 0.571. The van der Waals surface area contributed by atoms with Gasteiger partial charge in [0.2, 0.25) is 5.91 Å². The lowest BCUT2D eigenvalue weighted by atomic mass is 10.2. The molecule has 0 unspecified atom stereocenters. The minimum Gasteiger partial charge on any atom is -0.383 e. The maximum atomic E-state index is 12.2. The van der Waals surface area contributed by atoms with Gasteiger partial charge in [-0.05, 0) is 24.5 Å². The number of nitrogens with zero attached hydrogens (tertiary/aromatic N) is 2. The summed E-state index contributed by atoms with van der Waals surface area (Å²) in [6, 6.07) is 4.33. The number of aromatic nitrogens is 1. The quantitative estimate of drug-likeness (QED) is 0.705. The molecule has 0 spiro atoms. The van der Waals surface area contributed by atoms with E-state index in [1.54, 1.807) is 13.3 Å². The Kier molecular flexibility index (Phi) is 5.30. The lowest BCUT2D eigenvalue weighted by molar-refractivity contribution is -0.131. The molecule has 19 heavy (non-hydrogen) atoms. The molecule has 1 aliphatic rings. The number of amides is 1. The monoisotopic (exact) mass is 263 g/mol. The average molecular weight is 263 g/mol. The Balaban J connectivity index is 1.83. The SMILES string of the molecule is COCCNCC(=O)N(Cc1cccnc1)C1CC1. The first-order valence-corrected chi connectivity index (χ1v) is 6.69. The summed E-state index contributed by atoms with van der Waals surface area (Å²) >= 11 is 0. The number of ether oxygens (including phenoxy) is 1. The highest BCUT2D eigenvalue weighted by atomic mass is 16.5. The van der Waals surface area contributed by atoms with E-state index in [0.29, 0.717) is 32.3 Å². The first kappa shape index (κ1) is 14.0. The third-order valence-corrected chi connectivity index (χ3v) is 3.14. The number of carbonyl (C=O) groups is 1. The molecule has 104 valence electrons. The molecule has 0 atom stereocenters. The van der Waals surface area contributed by atoms with Crippen molar-refractivity contribution in [2.24, 2.45) is 0 Å². The van der Waals surface area contributed by atoms with Crippen molar-refractivity contribution in [1.29, 1.82) is 0 Å². The number of pyridine rings is 1. The van der Waals surface area contributed by atoms with Gasteiger partial charge < -0.3 is 15.0 Å². The van der Waals surface area contributed by atoms with Gasteiger partial charge in [-0.3, -0.25) is 9.78 Å². The van der Waals surface area contributed by atoms with Crippen LogP contribution in [0.3, 0.4) is 0 Å². The number of hydrogen-bond donors (Lipinski definition) is 1. The van der Waals surface area contributed by atoms with Crippen LogP contribution in [0.4, 0.5) is 0 Å². The van der Waals surface area contributed by atoms with Gasteiger partial charge in [-0.1, -0.05) is 6.07 Å². The van der Waals surface area contributed by atoms with Crippen molar-refractivity contribution in [3.8, 4) is 0 Å². The fourth-order valence-electron chi connectivity index (χ4n) is 1.97. The van der Waals surface area contributed by atoms with Crippen LogP contribution >= 0.6 is 0 Å². The second-order valence-corrected chi connectivity index (χ2v) is 4.78. The first-order valence-electron chi connectivity index (χ1n) is 6.69. The van der Waals surface area contributed by atoms with Crippen LogP contribution in [-0.2, 0) is 16.1 Å². The topological polar surface area (TPSA) is 54.5 Å². The van der Waals surface area contributed by atoms with E-state index in [0.717, 1.165) is 18.4 Å². The summed E-state index contributed by atoms with van der Waals surface area (Å²) < 4.78 is 4.94. The van der Waals surface area contributed by atoms with Crippen LogP contribution in [0.15, 0.2) is 24.5 Å². The largest absolute Gasteiger partial charge is 0.383 e. The zero-order valence-electron chi connectivity index (χ0n) is 11.3. The Morgan fingerprint density at radius 3 is 3.05 bits per heavy atom. The van der Waals surface area contributed by atoms with Gasteiger partial charge in [0.1, 0.15) is 0 Å². The average Bonchev–Trinajstić information content (AvgIpc) is 3.26. The lowest BCUT2D eigenvalue weighted by Crippen LogP contribution is -2.40. The molecule has 1 heterocycles. The van der Waals surface area contributed by atoms with Crippen molar-refractivity contribution < 1.29 is 9.53 Å². The Morgan fingerprint density at radius 2 is 2.42 bits per heavy atom. The molecule has 1 amide bonds. The smallest absolute Gasteiger partial charge is 0.237 e. The third kappa shape index (κ3) is 4.61. The van der Waals surface area contributed by atoms with Crippen LogP contribution < -0.4 is 5.32 Å². The maximum absolute atomic E-state index is 12.2. The van der Waals surface area contributed by atoms with E-state index >= 15 is 0 Å². The number of rotatable bonds is 8. The highest BCUT2D eigenvalue weighted by molar-refractivity contribution is 5.78. The Labute approximate surface area is 114 Å². The van der Waals surface area contributed by atoms with Crippen molar-refractivity contribution >= 4 is 5.91 Å². The summed E-state index contributed by atoms with van der Waals surface area (Å²) in [5.74, 6) is 0.155. The molecule has 0 radical (unpaired) electrons. The van der Waals surface area contributed by atoms with Crippen molar-refractivity contribution in [3.05, 3.63) is 30.1 Å². The van der Waals surface area contributed by atoms with Crippen LogP contribution in [0.1, 0.15) is 18.4 Å². The normalized spacial score (nSPS) is 14.4. The summed E-state index contributed by atoms with van der Waals surface area (Å²) in [7, 11) is 1.66. The zero-order valence-corrected chi connectivity index (χ0v) is 11.3. The van der Waals surface area contributed by atoms with E-state index in [1.165, 1.54) is 0 Å². The zero-order chi connectivity index (χ0) is 13.5.